The van der Waals surface area contributed by atoms with Crippen LogP contribution in [0, 0.1) is 6.92 Å². The van der Waals surface area contributed by atoms with E-state index in [-0.39, 0.29) is 33.6 Å². The molecule has 1 saturated carbocycles. The standard InChI is InChI=1S/C31H28N2O5S/c1-15(14-34)7-9-17-10-8-16(2)22-20(13-32-25(17)22)27(35)30-28(36)24(29(39-30)31(37)38)23-19-5-3-4-6-21(19)33-26(23)18-11-12-18/h3-8,10,13,18,32-34,36H,9,11-12,14H2,1-2H3,(H,37,38). The highest BCUT2D eigenvalue weighted by atomic mass is 32.1. The molecule has 0 amide bonds. The number of para-hydroxylation sites is 1. The number of carbonyl (C=O) groups is 2. The van der Waals surface area contributed by atoms with Gasteiger partial charge in [-0.25, -0.2) is 4.79 Å². The van der Waals surface area contributed by atoms with Crippen molar-refractivity contribution >= 4 is 44.9 Å². The number of H-pyrrole nitrogens is 2. The number of rotatable bonds is 8. The molecule has 5 aromatic rings. The van der Waals surface area contributed by atoms with Crippen LogP contribution in [-0.4, -0.2) is 43.6 Å². The lowest BCUT2D eigenvalue weighted by atomic mass is 9.96. The zero-order chi connectivity index (χ0) is 27.4. The zero-order valence-corrected chi connectivity index (χ0v) is 22.4. The van der Waals surface area contributed by atoms with Crippen molar-refractivity contribution in [1.82, 2.24) is 9.97 Å². The highest BCUT2D eigenvalue weighted by Crippen LogP contribution is 2.52. The molecule has 3 heterocycles. The summed E-state index contributed by atoms with van der Waals surface area (Å²) in [7, 11) is 0. The molecule has 8 heteroatoms. The van der Waals surface area contributed by atoms with E-state index in [2.05, 4.69) is 9.97 Å². The lowest BCUT2D eigenvalue weighted by molar-refractivity contribution is 0.0702. The van der Waals surface area contributed by atoms with E-state index in [9.17, 15) is 24.9 Å². The number of fused-ring (bicyclic) bond motifs is 2. The fourth-order valence-corrected chi connectivity index (χ4v) is 6.36. The molecule has 1 aliphatic rings. The number of carboxylic acids is 1. The summed E-state index contributed by atoms with van der Waals surface area (Å²) < 4.78 is 0. The van der Waals surface area contributed by atoms with Crippen LogP contribution in [0.25, 0.3) is 32.9 Å². The van der Waals surface area contributed by atoms with Gasteiger partial charge in [-0.15, -0.1) is 11.3 Å². The highest BCUT2D eigenvalue weighted by Gasteiger charge is 2.35. The fourth-order valence-electron chi connectivity index (χ4n) is 5.37. The minimum atomic E-state index is -1.18. The molecular formula is C31H28N2O5S. The van der Waals surface area contributed by atoms with Crippen molar-refractivity contribution in [2.45, 2.75) is 39.0 Å². The van der Waals surface area contributed by atoms with E-state index in [1.54, 1.807) is 6.20 Å². The Labute approximate surface area is 228 Å². The predicted molar refractivity (Wildman–Crippen MR) is 153 cm³/mol. The summed E-state index contributed by atoms with van der Waals surface area (Å²) in [6.45, 7) is 3.75. The summed E-state index contributed by atoms with van der Waals surface area (Å²) in [5.74, 6) is -1.63. The molecule has 0 spiro atoms. The largest absolute Gasteiger partial charge is 0.506 e. The van der Waals surface area contributed by atoms with Crippen molar-refractivity contribution in [1.29, 1.82) is 0 Å². The zero-order valence-electron chi connectivity index (χ0n) is 21.6. The van der Waals surface area contributed by atoms with Crippen molar-refractivity contribution in [2.24, 2.45) is 0 Å². The summed E-state index contributed by atoms with van der Waals surface area (Å²) in [5, 5.41) is 32.6. The summed E-state index contributed by atoms with van der Waals surface area (Å²) in [6.07, 6.45) is 6.14. The van der Waals surface area contributed by atoms with Crippen molar-refractivity contribution in [3.8, 4) is 16.9 Å². The van der Waals surface area contributed by atoms with Crippen LogP contribution >= 0.6 is 11.3 Å². The molecule has 0 saturated heterocycles. The van der Waals surface area contributed by atoms with Gasteiger partial charge in [0.1, 0.15) is 15.5 Å². The van der Waals surface area contributed by atoms with E-state index < -0.39 is 11.8 Å². The van der Waals surface area contributed by atoms with Crippen LogP contribution in [0.5, 0.6) is 5.75 Å². The van der Waals surface area contributed by atoms with Gasteiger partial charge in [0.2, 0.25) is 5.78 Å². The molecule has 7 nitrogen and oxygen atoms in total. The second kappa shape index (κ2) is 9.55. The number of aromatic hydroxyl groups is 1. The third kappa shape index (κ3) is 4.16. The second-order valence-corrected chi connectivity index (χ2v) is 11.3. The number of aromatic nitrogens is 2. The van der Waals surface area contributed by atoms with Gasteiger partial charge in [0, 0.05) is 44.8 Å². The molecule has 5 N–H and O–H groups in total. The second-order valence-electron chi connectivity index (χ2n) is 10.3. The van der Waals surface area contributed by atoms with Crippen LogP contribution < -0.4 is 0 Å². The molecule has 0 aliphatic heterocycles. The van der Waals surface area contributed by atoms with E-state index in [1.807, 2.05) is 56.3 Å². The Balaban J connectivity index is 1.51. The molecule has 6 rings (SSSR count). The lowest BCUT2D eigenvalue weighted by Crippen LogP contribution is -1.99. The number of thiophene rings is 1. The first-order valence-electron chi connectivity index (χ1n) is 12.9. The number of hydrogen-bond acceptors (Lipinski definition) is 5. The average molecular weight is 541 g/mol. The van der Waals surface area contributed by atoms with Gasteiger partial charge in [-0.3, -0.25) is 4.79 Å². The van der Waals surface area contributed by atoms with E-state index in [1.165, 1.54) is 0 Å². The first kappa shape index (κ1) is 25.2. The third-order valence-electron chi connectivity index (χ3n) is 7.55. The monoisotopic (exact) mass is 540 g/mol. The number of aliphatic hydroxyl groups is 1. The minimum Gasteiger partial charge on any atom is -0.506 e. The van der Waals surface area contributed by atoms with Crippen LogP contribution in [0.2, 0.25) is 0 Å². The predicted octanol–water partition coefficient (Wildman–Crippen LogP) is 6.68. The molecular weight excluding hydrogens is 512 g/mol. The molecule has 2 aromatic carbocycles. The molecule has 1 aliphatic carbocycles. The quantitative estimate of drug-likeness (QED) is 0.111. The Bertz CT molecular complexity index is 1820. The third-order valence-corrected chi connectivity index (χ3v) is 8.71. The van der Waals surface area contributed by atoms with Gasteiger partial charge in [-0.05, 0) is 56.2 Å². The number of hydrogen-bond donors (Lipinski definition) is 5. The fraction of sp³-hybridized carbons (Fsp3) is 0.226. The van der Waals surface area contributed by atoms with Crippen molar-refractivity contribution in [3.63, 3.8) is 0 Å². The molecule has 0 unspecified atom stereocenters. The van der Waals surface area contributed by atoms with E-state index in [0.29, 0.717) is 17.5 Å². The summed E-state index contributed by atoms with van der Waals surface area (Å²) in [5.41, 5.74) is 6.56. The molecule has 39 heavy (non-hydrogen) atoms. The minimum absolute atomic E-state index is 0.0103. The smallest absolute Gasteiger partial charge is 0.346 e. The number of aliphatic hydroxyl groups excluding tert-OH is 1. The Morgan fingerprint density at radius 1 is 1.10 bits per heavy atom. The number of carboxylic acid groups (broad SMARTS) is 1. The summed E-state index contributed by atoms with van der Waals surface area (Å²) in [4.78, 5) is 33.0. The van der Waals surface area contributed by atoms with E-state index >= 15 is 0 Å². The number of ketones is 1. The maximum Gasteiger partial charge on any atom is 0.346 e. The maximum absolute atomic E-state index is 14.0. The van der Waals surface area contributed by atoms with Crippen LogP contribution in [-0.2, 0) is 6.42 Å². The van der Waals surface area contributed by atoms with Crippen LogP contribution in [0.15, 0.2) is 54.2 Å². The average Bonchev–Trinajstić information content (AvgIpc) is 3.41. The first-order valence-corrected chi connectivity index (χ1v) is 13.7. The Hall–Kier alpha value is -4.14. The van der Waals surface area contributed by atoms with Crippen LogP contribution in [0.1, 0.15) is 67.4 Å². The van der Waals surface area contributed by atoms with Gasteiger partial charge in [0.15, 0.2) is 0 Å². The van der Waals surface area contributed by atoms with Crippen LogP contribution in [0.4, 0.5) is 0 Å². The van der Waals surface area contributed by atoms with E-state index in [0.717, 1.165) is 68.4 Å². The lowest BCUT2D eigenvalue weighted by Gasteiger charge is -2.07. The Morgan fingerprint density at radius 2 is 1.87 bits per heavy atom. The highest BCUT2D eigenvalue weighted by molar-refractivity contribution is 7.17. The van der Waals surface area contributed by atoms with Gasteiger partial charge in [0.25, 0.3) is 0 Å². The number of aryl methyl sites for hydroxylation is 1. The Kier molecular flexibility index (Phi) is 6.16. The number of carbonyl (C=O) groups excluding carboxylic acids is 1. The topological polar surface area (TPSA) is 126 Å². The maximum atomic E-state index is 14.0. The van der Waals surface area contributed by atoms with Gasteiger partial charge < -0.3 is 25.3 Å². The van der Waals surface area contributed by atoms with Gasteiger partial charge in [0.05, 0.1) is 12.2 Å². The Morgan fingerprint density at radius 3 is 2.59 bits per heavy atom. The molecule has 3 aromatic heterocycles. The molecule has 0 radical (unpaired) electrons. The SMILES string of the molecule is CC(=CCc1ccc(C)c2c(C(=O)c3sc(C(=O)O)c(-c4c(C5CC5)[nH]c5ccccc45)c3O)c[nH]c12)CO. The number of aromatic carboxylic acids is 1. The van der Waals surface area contributed by atoms with Gasteiger partial charge in [-0.2, -0.15) is 0 Å². The molecule has 0 bridgehead atoms. The molecule has 0 atom stereocenters. The number of nitrogens with one attached hydrogen (secondary N) is 2. The molecule has 198 valence electrons. The summed E-state index contributed by atoms with van der Waals surface area (Å²) >= 11 is 0.820. The number of benzene rings is 2. The van der Waals surface area contributed by atoms with Crippen LogP contribution in [0.3, 0.4) is 0 Å². The normalized spacial score (nSPS) is 14.0. The first-order chi connectivity index (χ1) is 18.8. The van der Waals surface area contributed by atoms with Crippen molar-refractivity contribution in [3.05, 3.63) is 86.4 Å². The number of aromatic amines is 2. The summed E-state index contributed by atoms with van der Waals surface area (Å²) in [6, 6.07) is 11.6. The van der Waals surface area contributed by atoms with Gasteiger partial charge >= 0.3 is 5.97 Å². The van der Waals surface area contributed by atoms with E-state index in [4.69, 9.17) is 0 Å². The van der Waals surface area contributed by atoms with Crippen molar-refractivity contribution < 1.29 is 24.9 Å². The molecule has 1 fully saturated rings. The number of allylic oxidation sites excluding steroid dienone is 1. The van der Waals surface area contributed by atoms with Crippen molar-refractivity contribution in [2.75, 3.05) is 6.61 Å². The van der Waals surface area contributed by atoms with Gasteiger partial charge in [-0.1, -0.05) is 42.0 Å².